The van der Waals surface area contributed by atoms with Crippen LogP contribution in [0.2, 0.25) is 0 Å². The summed E-state index contributed by atoms with van der Waals surface area (Å²) in [5.41, 5.74) is -0.552. The molecule has 3 rings (SSSR count). The maximum Gasteiger partial charge on any atom is 0.418 e. The smallest absolute Gasteiger partial charge is 0.418 e. The molecule has 0 aliphatic heterocycles. The highest BCUT2D eigenvalue weighted by atomic mass is 19.4. The van der Waals surface area contributed by atoms with Crippen molar-refractivity contribution < 1.29 is 27.1 Å². The first-order chi connectivity index (χ1) is 13.3. The number of nitrogens with one attached hydrogen (secondary N) is 1. The van der Waals surface area contributed by atoms with E-state index in [2.05, 4.69) is 5.32 Å². The Hall–Kier alpha value is -2.96. The van der Waals surface area contributed by atoms with Crippen molar-refractivity contribution in [1.29, 1.82) is 0 Å². The van der Waals surface area contributed by atoms with Crippen LogP contribution in [0, 0.1) is 6.92 Å². The molecule has 3 aromatic rings. The molecule has 0 atom stereocenters. The van der Waals surface area contributed by atoms with Crippen molar-refractivity contribution >= 4 is 22.6 Å². The van der Waals surface area contributed by atoms with Crippen molar-refractivity contribution in [2.45, 2.75) is 32.9 Å². The number of para-hydroxylation sites is 1. The number of carbonyl (C=O) groups is 1. The molecule has 0 saturated carbocycles. The molecular weight excluding hydrogens is 371 g/mol. The fourth-order valence-corrected chi connectivity index (χ4v) is 2.93. The normalized spacial score (nSPS) is 11.6. The van der Waals surface area contributed by atoms with Crippen LogP contribution in [0.4, 0.5) is 18.9 Å². The number of amides is 1. The largest absolute Gasteiger partial charge is 0.494 e. The van der Waals surface area contributed by atoms with Crippen LogP contribution in [0.3, 0.4) is 0 Å². The van der Waals surface area contributed by atoms with Gasteiger partial charge in [0.05, 0.1) is 23.4 Å². The Kier molecular flexibility index (Phi) is 5.63. The molecule has 0 aliphatic carbocycles. The fourth-order valence-electron chi connectivity index (χ4n) is 2.93. The number of aryl methyl sites for hydroxylation is 1. The van der Waals surface area contributed by atoms with Crippen LogP contribution in [0.15, 0.2) is 46.9 Å². The van der Waals surface area contributed by atoms with Crippen molar-refractivity contribution in [3.05, 3.63) is 59.4 Å². The monoisotopic (exact) mass is 391 g/mol. The number of benzene rings is 2. The number of anilines is 1. The lowest BCUT2D eigenvalue weighted by atomic mass is 10.1. The highest BCUT2D eigenvalue weighted by Gasteiger charge is 2.34. The number of halogens is 3. The molecule has 2 aromatic carbocycles. The van der Waals surface area contributed by atoms with Gasteiger partial charge in [0, 0.05) is 5.39 Å². The second-order valence-corrected chi connectivity index (χ2v) is 6.39. The summed E-state index contributed by atoms with van der Waals surface area (Å²) >= 11 is 0. The molecule has 0 aliphatic rings. The van der Waals surface area contributed by atoms with Gasteiger partial charge in [0.15, 0.2) is 0 Å². The second kappa shape index (κ2) is 7.96. The lowest BCUT2D eigenvalue weighted by Gasteiger charge is -2.13. The summed E-state index contributed by atoms with van der Waals surface area (Å²) in [5.74, 6) is 0.229. The van der Waals surface area contributed by atoms with E-state index in [4.69, 9.17) is 9.15 Å². The van der Waals surface area contributed by atoms with E-state index in [-0.39, 0.29) is 11.3 Å². The summed E-state index contributed by atoms with van der Waals surface area (Å²) in [6.45, 7) is 4.19. The highest BCUT2D eigenvalue weighted by molar-refractivity contribution is 6.13. The van der Waals surface area contributed by atoms with Crippen molar-refractivity contribution in [2.75, 3.05) is 11.9 Å². The summed E-state index contributed by atoms with van der Waals surface area (Å²) in [6, 6.07) is 9.95. The number of ether oxygens (including phenoxy) is 1. The van der Waals surface area contributed by atoms with Gasteiger partial charge < -0.3 is 14.5 Å². The minimum atomic E-state index is -4.57. The third-order valence-corrected chi connectivity index (χ3v) is 4.31. The summed E-state index contributed by atoms with van der Waals surface area (Å²) in [7, 11) is 0. The van der Waals surface area contributed by atoms with Crippen LogP contribution >= 0.6 is 0 Å². The van der Waals surface area contributed by atoms with E-state index in [1.165, 1.54) is 18.2 Å². The van der Waals surface area contributed by atoms with Gasteiger partial charge in [0.25, 0.3) is 5.91 Å². The summed E-state index contributed by atoms with van der Waals surface area (Å²) in [6.07, 6.45) is -2.69. The van der Waals surface area contributed by atoms with Crippen LogP contribution in [-0.4, -0.2) is 12.5 Å². The molecular formula is C21H20F3NO3. The van der Waals surface area contributed by atoms with Crippen molar-refractivity contribution in [3.8, 4) is 5.75 Å². The number of alkyl halides is 3. The Bertz CT molecular complexity index is 992. The van der Waals surface area contributed by atoms with Crippen molar-refractivity contribution in [3.63, 3.8) is 0 Å². The minimum Gasteiger partial charge on any atom is -0.494 e. The topological polar surface area (TPSA) is 51.5 Å². The van der Waals surface area contributed by atoms with Gasteiger partial charge in [-0.15, -0.1) is 0 Å². The molecule has 0 spiro atoms. The van der Waals surface area contributed by atoms with Gasteiger partial charge in [-0.25, -0.2) is 0 Å². The zero-order chi connectivity index (χ0) is 20.3. The molecule has 28 heavy (non-hydrogen) atoms. The van der Waals surface area contributed by atoms with E-state index in [9.17, 15) is 18.0 Å². The first-order valence-corrected chi connectivity index (χ1v) is 8.94. The predicted octanol–water partition coefficient (Wildman–Crippen LogP) is 6.19. The molecule has 148 valence electrons. The molecule has 7 heteroatoms. The molecule has 0 unspecified atom stereocenters. The Morgan fingerprint density at radius 1 is 1.18 bits per heavy atom. The predicted molar refractivity (Wildman–Crippen MR) is 101 cm³/mol. The van der Waals surface area contributed by atoms with Gasteiger partial charge in [-0.1, -0.05) is 25.5 Å². The number of unbranched alkanes of at least 4 members (excludes halogenated alkanes) is 1. The summed E-state index contributed by atoms with van der Waals surface area (Å²) in [5, 5.41) is 2.86. The number of furan rings is 1. The van der Waals surface area contributed by atoms with Gasteiger partial charge in [0.1, 0.15) is 17.1 Å². The van der Waals surface area contributed by atoms with Crippen molar-refractivity contribution in [2.24, 2.45) is 0 Å². The summed E-state index contributed by atoms with van der Waals surface area (Å²) < 4.78 is 50.8. The molecule has 0 bridgehead atoms. The van der Waals surface area contributed by atoms with E-state index in [1.807, 2.05) is 6.92 Å². The molecule has 1 N–H and O–H groups in total. The highest BCUT2D eigenvalue weighted by Crippen LogP contribution is 2.35. The molecule has 1 amide bonds. The van der Waals surface area contributed by atoms with Crippen LogP contribution < -0.4 is 10.1 Å². The van der Waals surface area contributed by atoms with E-state index in [0.29, 0.717) is 29.1 Å². The van der Waals surface area contributed by atoms with Gasteiger partial charge in [-0.2, -0.15) is 13.2 Å². The van der Waals surface area contributed by atoms with E-state index < -0.39 is 17.6 Å². The maximum absolute atomic E-state index is 13.2. The third-order valence-electron chi connectivity index (χ3n) is 4.31. The molecule has 1 heterocycles. The lowest BCUT2D eigenvalue weighted by Crippen LogP contribution is -2.17. The van der Waals surface area contributed by atoms with Crippen molar-refractivity contribution in [1.82, 2.24) is 0 Å². The molecule has 1 aromatic heterocycles. The van der Waals surface area contributed by atoms with Crippen LogP contribution in [-0.2, 0) is 6.18 Å². The maximum atomic E-state index is 13.2. The van der Waals surface area contributed by atoms with Crippen LogP contribution in [0.25, 0.3) is 11.0 Å². The SMILES string of the molecule is CCCCOc1ccc2oc(C)c(C(=O)Nc3ccccc3C(F)(F)F)c2c1. The van der Waals surface area contributed by atoms with Gasteiger partial charge in [-0.3, -0.25) is 4.79 Å². The van der Waals surface area contributed by atoms with Gasteiger partial charge >= 0.3 is 6.18 Å². The standard InChI is InChI=1S/C21H20F3NO3/c1-3-4-11-27-14-9-10-18-15(12-14)19(13(2)28-18)20(26)25-17-8-6-5-7-16(17)21(22,23)24/h5-10,12H,3-4,11H2,1-2H3,(H,25,26). The first-order valence-electron chi connectivity index (χ1n) is 8.94. The minimum absolute atomic E-state index is 0.188. The zero-order valence-corrected chi connectivity index (χ0v) is 15.5. The number of hydrogen-bond donors (Lipinski definition) is 1. The van der Waals surface area contributed by atoms with Crippen LogP contribution in [0.1, 0.15) is 41.4 Å². The Balaban J connectivity index is 1.94. The Labute approximate surface area is 160 Å². The molecule has 0 radical (unpaired) electrons. The number of carbonyl (C=O) groups excluding carboxylic acids is 1. The number of fused-ring (bicyclic) bond motifs is 1. The number of hydrogen-bond acceptors (Lipinski definition) is 3. The second-order valence-electron chi connectivity index (χ2n) is 6.39. The average molecular weight is 391 g/mol. The Morgan fingerprint density at radius 2 is 1.93 bits per heavy atom. The zero-order valence-electron chi connectivity index (χ0n) is 15.5. The van der Waals surface area contributed by atoms with E-state index >= 15 is 0 Å². The quantitative estimate of drug-likeness (QED) is 0.510. The third kappa shape index (κ3) is 4.13. The van der Waals surface area contributed by atoms with Gasteiger partial charge in [-0.05, 0) is 43.7 Å². The number of rotatable bonds is 6. The summed E-state index contributed by atoms with van der Waals surface area (Å²) in [4.78, 5) is 12.8. The average Bonchev–Trinajstić information content (AvgIpc) is 2.96. The Morgan fingerprint density at radius 3 is 2.64 bits per heavy atom. The van der Waals surface area contributed by atoms with E-state index in [1.54, 1.807) is 25.1 Å². The molecule has 0 saturated heterocycles. The fraction of sp³-hybridized carbons (Fsp3) is 0.286. The van der Waals surface area contributed by atoms with E-state index in [0.717, 1.165) is 18.9 Å². The molecule has 0 fully saturated rings. The lowest BCUT2D eigenvalue weighted by molar-refractivity contribution is -0.136. The van der Waals surface area contributed by atoms with Gasteiger partial charge in [0.2, 0.25) is 0 Å². The first kappa shape index (κ1) is 19.8. The van der Waals surface area contributed by atoms with Crippen LogP contribution in [0.5, 0.6) is 5.75 Å². The molecule has 4 nitrogen and oxygen atoms in total.